The first-order valence-corrected chi connectivity index (χ1v) is 6.47. The first-order valence-electron chi connectivity index (χ1n) is 6.03. The molecule has 1 aliphatic carbocycles. The predicted molar refractivity (Wildman–Crippen MR) is 60.4 cm³/mol. The SMILES string of the molecule is ClC1CCCCCCCCCCC1. The molecule has 0 radical (unpaired) electrons. The van der Waals surface area contributed by atoms with Gasteiger partial charge in [-0.15, -0.1) is 11.6 Å². The van der Waals surface area contributed by atoms with Gasteiger partial charge in [-0.2, -0.15) is 0 Å². The molecule has 1 rings (SSSR count). The van der Waals surface area contributed by atoms with E-state index in [0.29, 0.717) is 5.38 Å². The van der Waals surface area contributed by atoms with Crippen LogP contribution in [0.25, 0.3) is 0 Å². The molecule has 13 heavy (non-hydrogen) atoms. The van der Waals surface area contributed by atoms with Gasteiger partial charge in [0, 0.05) is 5.38 Å². The molecule has 78 valence electrons. The topological polar surface area (TPSA) is 0 Å². The maximum atomic E-state index is 6.21. The molecule has 0 saturated heterocycles. The molecule has 0 aliphatic heterocycles. The zero-order valence-electron chi connectivity index (χ0n) is 8.73. The molecule has 0 aromatic heterocycles. The summed E-state index contributed by atoms with van der Waals surface area (Å²) in [6.45, 7) is 0. The van der Waals surface area contributed by atoms with Crippen molar-refractivity contribution in [3.05, 3.63) is 0 Å². The molecule has 0 amide bonds. The first-order chi connectivity index (χ1) is 6.39. The average Bonchev–Trinajstić information content (AvgIpc) is 2.11. The molecule has 0 nitrogen and oxygen atoms in total. The third-order valence-electron chi connectivity index (χ3n) is 3.03. The van der Waals surface area contributed by atoms with Crippen LogP contribution in [0.15, 0.2) is 0 Å². The van der Waals surface area contributed by atoms with Crippen molar-refractivity contribution in [1.29, 1.82) is 0 Å². The van der Waals surface area contributed by atoms with Crippen LogP contribution in [0.5, 0.6) is 0 Å². The zero-order chi connectivity index (χ0) is 9.36. The van der Waals surface area contributed by atoms with Crippen molar-refractivity contribution in [3.8, 4) is 0 Å². The molecule has 0 aromatic rings. The number of hydrogen-bond donors (Lipinski definition) is 0. The van der Waals surface area contributed by atoms with E-state index in [0.717, 1.165) is 0 Å². The molecule has 0 unspecified atom stereocenters. The molecular formula is C12H23Cl. The molecule has 0 spiro atoms. The molecular weight excluding hydrogens is 180 g/mol. The predicted octanol–water partition coefficient (Wildman–Crippen LogP) is 4.90. The fraction of sp³-hybridized carbons (Fsp3) is 1.00. The van der Waals surface area contributed by atoms with Crippen LogP contribution < -0.4 is 0 Å². The van der Waals surface area contributed by atoms with Gasteiger partial charge in [0.2, 0.25) is 0 Å². The summed E-state index contributed by atoms with van der Waals surface area (Å²) in [5, 5.41) is 0.472. The molecule has 0 bridgehead atoms. The third kappa shape index (κ3) is 6.37. The number of halogens is 1. The summed E-state index contributed by atoms with van der Waals surface area (Å²) in [4.78, 5) is 0. The lowest BCUT2D eigenvalue weighted by Gasteiger charge is -2.10. The van der Waals surface area contributed by atoms with Gasteiger partial charge in [0.15, 0.2) is 0 Å². The number of alkyl halides is 1. The monoisotopic (exact) mass is 202 g/mol. The molecule has 0 atom stereocenters. The third-order valence-corrected chi connectivity index (χ3v) is 3.47. The summed E-state index contributed by atoms with van der Waals surface area (Å²) in [5.74, 6) is 0. The Kier molecular flexibility index (Phi) is 6.71. The Bertz CT molecular complexity index is 99.7. The lowest BCUT2D eigenvalue weighted by molar-refractivity contribution is 0.507. The first kappa shape index (κ1) is 11.4. The highest BCUT2D eigenvalue weighted by molar-refractivity contribution is 6.20. The van der Waals surface area contributed by atoms with Crippen LogP contribution in [0.4, 0.5) is 0 Å². The van der Waals surface area contributed by atoms with E-state index in [4.69, 9.17) is 11.6 Å². The lowest BCUT2D eigenvalue weighted by atomic mass is 10.0. The summed E-state index contributed by atoms with van der Waals surface area (Å²) in [6, 6.07) is 0. The van der Waals surface area contributed by atoms with Gasteiger partial charge in [-0.3, -0.25) is 0 Å². The normalized spacial score (nSPS) is 24.7. The summed E-state index contributed by atoms with van der Waals surface area (Å²) in [5.41, 5.74) is 0. The Balaban J connectivity index is 2.11. The standard InChI is InChI=1S/C12H23Cl/c13-12-10-8-6-4-2-1-3-5-7-9-11-12/h12H,1-11H2. The van der Waals surface area contributed by atoms with E-state index in [2.05, 4.69) is 0 Å². The molecule has 1 fully saturated rings. The van der Waals surface area contributed by atoms with Gasteiger partial charge in [0.05, 0.1) is 0 Å². The average molecular weight is 203 g/mol. The minimum atomic E-state index is 0.472. The van der Waals surface area contributed by atoms with Gasteiger partial charge in [-0.25, -0.2) is 0 Å². The smallest absolute Gasteiger partial charge is 0.0336 e. The second kappa shape index (κ2) is 7.67. The van der Waals surface area contributed by atoms with Crippen molar-refractivity contribution in [1.82, 2.24) is 0 Å². The van der Waals surface area contributed by atoms with Crippen LogP contribution in [-0.4, -0.2) is 5.38 Å². The van der Waals surface area contributed by atoms with Crippen LogP contribution in [0.3, 0.4) is 0 Å². The van der Waals surface area contributed by atoms with Crippen molar-refractivity contribution in [2.24, 2.45) is 0 Å². The van der Waals surface area contributed by atoms with Crippen molar-refractivity contribution < 1.29 is 0 Å². The summed E-state index contributed by atoms with van der Waals surface area (Å²) < 4.78 is 0. The van der Waals surface area contributed by atoms with Crippen molar-refractivity contribution in [3.63, 3.8) is 0 Å². The Hall–Kier alpha value is 0.290. The molecule has 1 heteroatoms. The van der Waals surface area contributed by atoms with Crippen LogP contribution >= 0.6 is 11.6 Å². The van der Waals surface area contributed by atoms with Gasteiger partial charge in [-0.05, 0) is 12.8 Å². The van der Waals surface area contributed by atoms with Crippen LogP contribution in [0.2, 0.25) is 0 Å². The van der Waals surface area contributed by atoms with E-state index in [9.17, 15) is 0 Å². The maximum absolute atomic E-state index is 6.21. The van der Waals surface area contributed by atoms with Crippen molar-refractivity contribution in [2.45, 2.75) is 76.0 Å². The molecule has 1 saturated carbocycles. The second-order valence-electron chi connectivity index (χ2n) is 4.36. The van der Waals surface area contributed by atoms with E-state index in [-0.39, 0.29) is 0 Å². The van der Waals surface area contributed by atoms with E-state index < -0.39 is 0 Å². The fourth-order valence-corrected chi connectivity index (χ4v) is 2.42. The Morgan fingerprint density at radius 3 is 1.23 bits per heavy atom. The van der Waals surface area contributed by atoms with Gasteiger partial charge >= 0.3 is 0 Å². The maximum Gasteiger partial charge on any atom is 0.0336 e. The molecule has 0 N–H and O–H groups in total. The largest absolute Gasteiger partial charge is 0.123 e. The number of hydrogen-bond acceptors (Lipinski definition) is 0. The fourth-order valence-electron chi connectivity index (χ4n) is 2.11. The summed E-state index contributed by atoms with van der Waals surface area (Å²) >= 11 is 6.21. The molecule has 0 aromatic carbocycles. The highest BCUT2D eigenvalue weighted by atomic mass is 35.5. The van der Waals surface area contributed by atoms with E-state index >= 15 is 0 Å². The Morgan fingerprint density at radius 2 is 0.846 bits per heavy atom. The molecule has 0 heterocycles. The van der Waals surface area contributed by atoms with E-state index in [1.165, 1.54) is 70.6 Å². The zero-order valence-corrected chi connectivity index (χ0v) is 9.49. The van der Waals surface area contributed by atoms with Gasteiger partial charge in [0.25, 0.3) is 0 Å². The summed E-state index contributed by atoms with van der Waals surface area (Å²) in [6.07, 6.45) is 15.3. The van der Waals surface area contributed by atoms with E-state index in [1.54, 1.807) is 0 Å². The van der Waals surface area contributed by atoms with Crippen LogP contribution in [0.1, 0.15) is 70.6 Å². The Morgan fingerprint density at radius 1 is 0.538 bits per heavy atom. The number of rotatable bonds is 0. The second-order valence-corrected chi connectivity index (χ2v) is 4.97. The minimum absolute atomic E-state index is 0.472. The van der Waals surface area contributed by atoms with Gasteiger partial charge in [-0.1, -0.05) is 57.8 Å². The van der Waals surface area contributed by atoms with Crippen LogP contribution in [0, 0.1) is 0 Å². The summed E-state index contributed by atoms with van der Waals surface area (Å²) in [7, 11) is 0. The molecule has 1 aliphatic rings. The lowest BCUT2D eigenvalue weighted by Crippen LogP contribution is -1.99. The van der Waals surface area contributed by atoms with Gasteiger partial charge < -0.3 is 0 Å². The highest BCUT2D eigenvalue weighted by Crippen LogP contribution is 2.19. The van der Waals surface area contributed by atoms with Crippen molar-refractivity contribution >= 4 is 11.6 Å². The van der Waals surface area contributed by atoms with Gasteiger partial charge in [0.1, 0.15) is 0 Å². The Labute approximate surface area is 88.1 Å². The minimum Gasteiger partial charge on any atom is -0.123 e. The van der Waals surface area contributed by atoms with E-state index in [1.807, 2.05) is 0 Å². The van der Waals surface area contributed by atoms with Crippen LogP contribution in [-0.2, 0) is 0 Å². The quantitative estimate of drug-likeness (QED) is 0.491. The van der Waals surface area contributed by atoms with Crippen molar-refractivity contribution in [2.75, 3.05) is 0 Å². The highest BCUT2D eigenvalue weighted by Gasteiger charge is 2.04.